The summed E-state index contributed by atoms with van der Waals surface area (Å²) in [5.74, 6) is -0.174. The van der Waals surface area contributed by atoms with Crippen LogP contribution in [0.3, 0.4) is 0 Å². The average molecular weight is 523 g/mol. The highest BCUT2D eigenvalue weighted by Crippen LogP contribution is 2.34. The molecule has 0 atom stereocenters. The maximum atomic E-state index is 12.8. The lowest BCUT2D eigenvalue weighted by molar-refractivity contribution is 0.0950. The smallest absolute Gasteiger partial charge is 0.253 e. The molecule has 0 bridgehead atoms. The van der Waals surface area contributed by atoms with Crippen molar-refractivity contribution < 1.29 is 4.79 Å². The van der Waals surface area contributed by atoms with Gasteiger partial charge < -0.3 is 5.32 Å². The van der Waals surface area contributed by atoms with Crippen LogP contribution in [0.1, 0.15) is 35.3 Å². The average Bonchev–Trinajstić information content (AvgIpc) is 3.50. The first-order chi connectivity index (χ1) is 19.4. The molecule has 0 spiro atoms. The Morgan fingerprint density at radius 1 is 0.900 bits per heavy atom. The highest BCUT2D eigenvalue weighted by molar-refractivity contribution is 6.10. The number of aromatic amines is 1. The Hall–Kier alpha value is -5.35. The van der Waals surface area contributed by atoms with E-state index in [1.54, 1.807) is 12.4 Å². The second-order valence-electron chi connectivity index (χ2n) is 10.3. The molecule has 0 saturated carbocycles. The summed E-state index contributed by atoms with van der Waals surface area (Å²) in [6, 6.07) is 28.0. The zero-order chi connectivity index (χ0) is 27.7. The van der Waals surface area contributed by atoms with Crippen LogP contribution in [0, 0.1) is 11.3 Å². The van der Waals surface area contributed by atoms with Gasteiger partial charge in [-0.25, -0.2) is 4.98 Å². The number of rotatable bonds is 6. The maximum absolute atomic E-state index is 12.8. The molecule has 40 heavy (non-hydrogen) atoms. The summed E-state index contributed by atoms with van der Waals surface area (Å²) in [7, 11) is 0. The van der Waals surface area contributed by atoms with Crippen molar-refractivity contribution in [3.63, 3.8) is 0 Å². The van der Waals surface area contributed by atoms with Crippen molar-refractivity contribution in [1.29, 1.82) is 5.26 Å². The second-order valence-corrected chi connectivity index (χ2v) is 10.3. The molecule has 6 rings (SSSR count). The van der Waals surface area contributed by atoms with Gasteiger partial charge in [0.25, 0.3) is 5.91 Å². The molecular formula is C33H26N6O. The number of amides is 1. The topological polar surface area (TPSA) is 107 Å². The molecule has 0 unspecified atom stereocenters. The number of carbonyl (C=O) groups is 1. The van der Waals surface area contributed by atoms with Gasteiger partial charge in [0.2, 0.25) is 0 Å². The Bertz CT molecular complexity index is 1900. The largest absolute Gasteiger partial charge is 0.348 e. The van der Waals surface area contributed by atoms with Gasteiger partial charge >= 0.3 is 0 Å². The first kappa shape index (κ1) is 25.0. The molecule has 0 saturated heterocycles. The Labute approximate surface area is 231 Å². The Kier molecular flexibility index (Phi) is 6.29. The van der Waals surface area contributed by atoms with E-state index < -0.39 is 5.41 Å². The molecule has 7 nitrogen and oxygen atoms in total. The number of H-pyrrole nitrogens is 1. The fourth-order valence-corrected chi connectivity index (χ4v) is 4.80. The number of nitrogens with zero attached hydrogens (tertiary/aromatic N) is 4. The lowest BCUT2D eigenvalue weighted by Crippen LogP contribution is -2.22. The summed E-state index contributed by atoms with van der Waals surface area (Å²) in [6.45, 7) is 4.26. The number of aromatic nitrogens is 4. The van der Waals surface area contributed by atoms with Crippen molar-refractivity contribution >= 4 is 27.7 Å². The Morgan fingerprint density at radius 3 is 2.45 bits per heavy atom. The highest BCUT2D eigenvalue weighted by atomic mass is 16.1. The molecule has 7 heteroatoms. The standard InChI is InChI=1S/C33H26N6O/c1-33(2,20-34)26-11-8-22(9-12-26)30-31-28(19-37-39-31)27-15-23(10-13-29(27)38-30)24-14-25(18-35-17-24)32(40)36-16-21-6-4-3-5-7-21/h3-15,17-19H,16H2,1-2H3,(H,36,40)(H,37,39). The van der Waals surface area contributed by atoms with Crippen LogP contribution in [0.15, 0.2) is 97.5 Å². The zero-order valence-electron chi connectivity index (χ0n) is 22.1. The van der Waals surface area contributed by atoms with E-state index in [1.807, 2.05) is 92.8 Å². The number of pyridine rings is 2. The van der Waals surface area contributed by atoms with E-state index in [0.717, 1.165) is 55.3 Å². The molecule has 1 amide bonds. The predicted octanol–water partition coefficient (Wildman–Crippen LogP) is 6.57. The Morgan fingerprint density at radius 2 is 1.68 bits per heavy atom. The van der Waals surface area contributed by atoms with E-state index in [4.69, 9.17) is 4.98 Å². The molecule has 2 N–H and O–H groups in total. The van der Waals surface area contributed by atoms with Gasteiger partial charge in [0.1, 0.15) is 0 Å². The van der Waals surface area contributed by atoms with E-state index in [-0.39, 0.29) is 5.91 Å². The summed E-state index contributed by atoms with van der Waals surface area (Å²) >= 11 is 0. The van der Waals surface area contributed by atoms with Crippen LogP contribution in [0.25, 0.3) is 44.2 Å². The number of benzene rings is 3. The van der Waals surface area contributed by atoms with Gasteiger partial charge in [-0.05, 0) is 48.7 Å². The normalized spacial score (nSPS) is 11.4. The van der Waals surface area contributed by atoms with E-state index in [1.165, 1.54) is 0 Å². The lowest BCUT2D eigenvalue weighted by atomic mass is 9.86. The first-order valence-corrected chi connectivity index (χ1v) is 13.0. The summed E-state index contributed by atoms with van der Waals surface area (Å²) in [5.41, 5.74) is 7.10. The summed E-state index contributed by atoms with van der Waals surface area (Å²) < 4.78 is 0. The third-order valence-corrected chi connectivity index (χ3v) is 7.18. The minimum Gasteiger partial charge on any atom is -0.348 e. The van der Waals surface area contributed by atoms with Crippen molar-refractivity contribution in [1.82, 2.24) is 25.5 Å². The monoisotopic (exact) mass is 522 g/mol. The number of nitrogens with one attached hydrogen (secondary N) is 2. The first-order valence-electron chi connectivity index (χ1n) is 13.0. The Balaban J connectivity index is 1.33. The number of fused-ring (bicyclic) bond motifs is 3. The maximum Gasteiger partial charge on any atom is 0.253 e. The number of nitriles is 1. The van der Waals surface area contributed by atoms with Crippen LogP contribution >= 0.6 is 0 Å². The van der Waals surface area contributed by atoms with Gasteiger partial charge in [-0.1, -0.05) is 60.7 Å². The van der Waals surface area contributed by atoms with Crippen molar-refractivity contribution in [2.75, 3.05) is 0 Å². The number of hydrogen-bond donors (Lipinski definition) is 2. The lowest BCUT2D eigenvalue weighted by Gasteiger charge is -2.16. The van der Waals surface area contributed by atoms with E-state index in [9.17, 15) is 10.1 Å². The minimum atomic E-state index is -0.566. The summed E-state index contributed by atoms with van der Waals surface area (Å²) in [6.07, 6.45) is 5.15. The molecule has 3 heterocycles. The van der Waals surface area contributed by atoms with Gasteiger partial charge in [-0.3, -0.25) is 14.9 Å². The quantitative estimate of drug-likeness (QED) is 0.257. The van der Waals surface area contributed by atoms with Crippen molar-refractivity contribution in [2.45, 2.75) is 25.8 Å². The molecule has 0 aliphatic heterocycles. The molecule has 194 valence electrons. The molecule has 3 aromatic heterocycles. The van der Waals surface area contributed by atoms with E-state index in [2.05, 4.69) is 32.6 Å². The fraction of sp³-hybridized carbons (Fsp3) is 0.121. The van der Waals surface area contributed by atoms with Crippen LogP contribution < -0.4 is 5.32 Å². The van der Waals surface area contributed by atoms with Gasteiger partial charge in [0, 0.05) is 40.8 Å². The molecule has 0 aliphatic rings. The third-order valence-electron chi connectivity index (χ3n) is 7.18. The molecular weight excluding hydrogens is 496 g/mol. The summed E-state index contributed by atoms with van der Waals surface area (Å²) in [5, 5.41) is 21.8. The molecule has 0 aliphatic carbocycles. The fourth-order valence-electron chi connectivity index (χ4n) is 4.80. The zero-order valence-corrected chi connectivity index (χ0v) is 22.1. The van der Waals surface area contributed by atoms with E-state index in [0.29, 0.717) is 12.1 Å². The van der Waals surface area contributed by atoms with Crippen molar-refractivity contribution in [3.05, 3.63) is 114 Å². The van der Waals surface area contributed by atoms with Crippen LogP contribution in [0.2, 0.25) is 0 Å². The molecule has 0 fully saturated rings. The van der Waals surface area contributed by atoms with Gasteiger partial charge in [-0.2, -0.15) is 10.4 Å². The SMILES string of the molecule is CC(C)(C#N)c1ccc(-c2nc3ccc(-c4cncc(C(=O)NCc5ccccc5)c4)cc3c3cn[nH]c23)cc1. The predicted molar refractivity (Wildman–Crippen MR) is 156 cm³/mol. The number of hydrogen-bond acceptors (Lipinski definition) is 5. The minimum absolute atomic E-state index is 0.174. The molecule has 0 radical (unpaired) electrons. The van der Waals surface area contributed by atoms with Crippen LogP contribution in [0.5, 0.6) is 0 Å². The van der Waals surface area contributed by atoms with Crippen molar-refractivity contribution in [3.8, 4) is 28.5 Å². The van der Waals surface area contributed by atoms with Gasteiger partial charge in [0.15, 0.2) is 0 Å². The molecule has 3 aromatic carbocycles. The summed E-state index contributed by atoms with van der Waals surface area (Å²) in [4.78, 5) is 22.1. The van der Waals surface area contributed by atoms with Gasteiger partial charge in [0.05, 0.1) is 40.0 Å². The molecule has 6 aromatic rings. The van der Waals surface area contributed by atoms with Gasteiger partial charge in [-0.15, -0.1) is 0 Å². The number of carbonyl (C=O) groups excluding carboxylic acids is 1. The van der Waals surface area contributed by atoms with Crippen molar-refractivity contribution in [2.24, 2.45) is 0 Å². The van der Waals surface area contributed by atoms with Crippen LogP contribution in [-0.4, -0.2) is 26.1 Å². The third kappa shape index (κ3) is 4.67. The highest BCUT2D eigenvalue weighted by Gasteiger charge is 2.20. The van der Waals surface area contributed by atoms with Crippen LogP contribution in [0.4, 0.5) is 0 Å². The van der Waals surface area contributed by atoms with Crippen LogP contribution in [-0.2, 0) is 12.0 Å². The second kappa shape index (κ2) is 10.1. The van der Waals surface area contributed by atoms with E-state index >= 15 is 0 Å².